The van der Waals surface area contributed by atoms with E-state index in [1.54, 1.807) is 4.90 Å². The van der Waals surface area contributed by atoms with Crippen molar-refractivity contribution in [2.24, 2.45) is 5.92 Å². The molecule has 142 valence electrons. The number of benzene rings is 2. The summed E-state index contributed by atoms with van der Waals surface area (Å²) in [5.74, 6) is 0.435. The van der Waals surface area contributed by atoms with Gasteiger partial charge in [-0.25, -0.2) is 0 Å². The van der Waals surface area contributed by atoms with Crippen LogP contribution >= 0.6 is 0 Å². The smallest absolute Gasteiger partial charge is 0.260 e. The highest BCUT2D eigenvalue weighted by molar-refractivity contribution is 5.93. The van der Waals surface area contributed by atoms with Crippen LogP contribution in [0.3, 0.4) is 0 Å². The molecule has 1 N–H and O–H groups in total. The van der Waals surface area contributed by atoms with Crippen molar-refractivity contribution in [2.75, 3.05) is 25.0 Å². The van der Waals surface area contributed by atoms with E-state index in [1.807, 2.05) is 62.4 Å². The summed E-state index contributed by atoms with van der Waals surface area (Å²) < 4.78 is 5.73. The van der Waals surface area contributed by atoms with Crippen molar-refractivity contribution in [3.05, 3.63) is 59.7 Å². The van der Waals surface area contributed by atoms with Gasteiger partial charge >= 0.3 is 0 Å². The van der Waals surface area contributed by atoms with E-state index in [2.05, 4.69) is 5.32 Å². The van der Waals surface area contributed by atoms with Gasteiger partial charge in [-0.2, -0.15) is 0 Å². The lowest BCUT2D eigenvalue weighted by Gasteiger charge is -2.32. The number of likely N-dealkylation sites (tertiary alicyclic amines) is 1. The number of rotatable bonds is 5. The number of ether oxygens (including phenoxy) is 1. The van der Waals surface area contributed by atoms with Crippen molar-refractivity contribution >= 4 is 17.5 Å². The Kier molecular flexibility index (Phi) is 6.12. The molecule has 0 aliphatic carbocycles. The Hall–Kier alpha value is -2.82. The Morgan fingerprint density at radius 1 is 1.11 bits per heavy atom. The summed E-state index contributed by atoms with van der Waals surface area (Å²) in [4.78, 5) is 26.8. The maximum atomic E-state index is 12.6. The van der Waals surface area contributed by atoms with Gasteiger partial charge in [0.25, 0.3) is 5.91 Å². The molecule has 2 amide bonds. The summed E-state index contributed by atoms with van der Waals surface area (Å²) in [5, 5.41) is 2.93. The minimum atomic E-state index is -0.191. The number of hydrogen-bond acceptors (Lipinski definition) is 3. The molecule has 1 saturated heterocycles. The average molecular weight is 366 g/mol. The molecule has 0 spiro atoms. The van der Waals surface area contributed by atoms with E-state index in [9.17, 15) is 9.59 Å². The SMILES string of the molecule is Cc1cccc(OCC(=O)N2CCC[C@H](C(=O)Nc3ccccc3)C2)c1C. The molecule has 0 unspecified atom stereocenters. The van der Waals surface area contributed by atoms with Crippen molar-refractivity contribution in [2.45, 2.75) is 26.7 Å². The summed E-state index contributed by atoms with van der Waals surface area (Å²) >= 11 is 0. The monoisotopic (exact) mass is 366 g/mol. The summed E-state index contributed by atoms with van der Waals surface area (Å²) in [6, 6.07) is 15.2. The number of para-hydroxylation sites is 1. The summed E-state index contributed by atoms with van der Waals surface area (Å²) in [6.45, 7) is 5.11. The number of nitrogens with one attached hydrogen (secondary N) is 1. The first kappa shape index (κ1) is 19.0. The fourth-order valence-corrected chi connectivity index (χ4v) is 3.29. The van der Waals surface area contributed by atoms with Crippen LogP contribution < -0.4 is 10.1 Å². The molecule has 1 heterocycles. The molecule has 0 bridgehead atoms. The van der Waals surface area contributed by atoms with Crippen LogP contribution in [-0.4, -0.2) is 36.4 Å². The van der Waals surface area contributed by atoms with Gasteiger partial charge in [0, 0.05) is 18.8 Å². The summed E-state index contributed by atoms with van der Waals surface area (Å²) in [5.41, 5.74) is 2.96. The quantitative estimate of drug-likeness (QED) is 0.880. The van der Waals surface area contributed by atoms with E-state index in [4.69, 9.17) is 4.74 Å². The normalized spacial score (nSPS) is 16.7. The number of carbonyl (C=O) groups is 2. The van der Waals surface area contributed by atoms with Crippen molar-refractivity contribution in [3.8, 4) is 5.75 Å². The predicted molar refractivity (Wildman–Crippen MR) is 106 cm³/mol. The maximum Gasteiger partial charge on any atom is 0.260 e. The molecule has 1 atom stereocenters. The first-order valence-electron chi connectivity index (χ1n) is 9.37. The van der Waals surface area contributed by atoms with E-state index in [1.165, 1.54) is 0 Å². The minimum absolute atomic E-state index is 0.00266. The van der Waals surface area contributed by atoms with Crippen LogP contribution in [0.5, 0.6) is 5.75 Å². The number of aryl methyl sites for hydroxylation is 1. The third-order valence-corrected chi connectivity index (χ3v) is 5.09. The van der Waals surface area contributed by atoms with Gasteiger partial charge in [0.1, 0.15) is 5.75 Å². The molecule has 27 heavy (non-hydrogen) atoms. The lowest BCUT2D eigenvalue weighted by molar-refractivity contribution is -0.136. The number of piperidine rings is 1. The van der Waals surface area contributed by atoms with Crippen molar-refractivity contribution in [1.82, 2.24) is 4.90 Å². The van der Waals surface area contributed by atoms with Gasteiger partial charge in [-0.1, -0.05) is 30.3 Å². The number of nitrogens with zero attached hydrogens (tertiary/aromatic N) is 1. The zero-order chi connectivity index (χ0) is 19.2. The van der Waals surface area contributed by atoms with Crippen LogP contribution in [0.1, 0.15) is 24.0 Å². The molecule has 5 nitrogen and oxygen atoms in total. The zero-order valence-electron chi connectivity index (χ0n) is 15.9. The van der Waals surface area contributed by atoms with Crippen molar-refractivity contribution in [1.29, 1.82) is 0 Å². The molecule has 0 saturated carbocycles. The standard InChI is InChI=1S/C22H26N2O3/c1-16-8-6-12-20(17(16)2)27-15-21(25)24-13-7-9-18(14-24)22(26)23-19-10-4-3-5-11-19/h3-6,8,10-12,18H,7,9,13-15H2,1-2H3,(H,23,26)/t18-/m0/s1. The third-order valence-electron chi connectivity index (χ3n) is 5.09. The van der Waals surface area contributed by atoms with Crippen LogP contribution in [-0.2, 0) is 9.59 Å². The van der Waals surface area contributed by atoms with E-state index < -0.39 is 0 Å². The fourth-order valence-electron chi connectivity index (χ4n) is 3.29. The van der Waals surface area contributed by atoms with Gasteiger partial charge in [0.15, 0.2) is 6.61 Å². The van der Waals surface area contributed by atoms with Gasteiger partial charge in [0.2, 0.25) is 5.91 Å². The van der Waals surface area contributed by atoms with Gasteiger partial charge in [-0.05, 0) is 56.0 Å². The van der Waals surface area contributed by atoms with Crippen molar-refractivity contribution in [3.63, 3.8) is 0 Å². The van der Waals surface area contributed by atoms with E-state index >= 15 is 0 Å². The highest BCUT2D eigenvalue weighted by Gasteiger charge is 2.28. The van der Waals surface area contributed by atoms with Gasteiger partial charge in [-0.3, -0.25) is 9.59 Å². The van der Waals surface area contributed by atoms with Gasteiger partial charge in [-0.15, -0.1) is 0 Å². The second-order valence-corrected chi connectivity index (χ2v) is 7.02. The van der Waals surface area contributed by atoms with Gasteiger partial charge < -0.3 is 15.0 Å². The molecular weight excluding hydrogens is 340 g/mol. The Bertz CT molecular complexity index is 804. The number of anilines is 1. The second-order valence-electron chi connectivity index (χ2n) is 7.02. The molecule has 1 aliphatic heterocycles. The maximum absolute atomic E-state index is 12.6. The highest BCUT2D eigenvalue weighted by Crippen LogP contribution is 2.22. The molecule has 2 aromatic carbocycles. The minimum Gasteiger partial charge on any atom is -0.483 e. The van der Waals surface area contributed by atoms with Crippen LogP contribution in [0.25, 0.3) is 0 Å². The Morgan fingerprint density at radius 3 is 2.67 bits per heavy atom. The lowest BCUT2D eigenvalue weighted by Crippen LogP contribution is -2.45. The molecule has 0 aromatic heterocycles. The largest absolute Gasteiger partial charge is 0.483 e. The number of carbonyl (C=O) groups excluding carboxylic acids is 2. The number of hydrogen-bond donors (Lipinski definition) is 1. The lowest BCUT2D eigenvalue weighted by atomic mass is 9.97. The Balaban J connectivity index is 1.54. The van der Waals surface area contributed by atoms with Gasteiger partial charge in [0.05, 0.1) is 5.92 Å². The predicted octanol–water partition coefficient (Wildman–Crippen LogP) is 3.56. The topological polar surface area (TPSA) is 58.6 Å². The van der Waals surface area contributed by atoms with E-state index in [0.29, 0.717) is 13.1 Å². The zero-order valence-corrected chi connectivity index (χ0v) is 15.9. The molecule has 0 radical (unpaired) electrons. The molecule has 1 aliphatic rings. The Morgan fingerprint density at radius 2 is 1.89 bits per heavy atom. The summed E-state index contributed by atoms with van der Waals surface area (Å²) in [7, 11) is 0. The van der Waals surface area contributed by atoms with E-state index in [0.717, 1.165) is 35.4 Å². The van der Waals surface area contributed by atoms with Crippen LogP contribution in [0.15, 0.2) is 48.5 Å². The Labute approximate surface area is 160 Å². The molecular formula is C22H26N2O3. The molecule has 2 aromatic rings. The molecule has 3 rings (SSSR count). The summed E-state index contributed by atoms with van der Waals surface area (Å²) in [6.07, 6.45) is 1.61. The fraction of sp³-hybridized carbons (Fsp3) is 0.364. The van der Waals surface area contributed by atoms with Crippen molar-refractivity contribution < 1.29 is 14.3 Å². The second kappa shape index (κ2) is 8.71. The third kappa shape index (κ3) is 4.88. The average Bonchev–Trinajstić information content (AvgIpc) is 2.69. The molecule has 1 fully saturated rings. The number of amides is 2. The first-order chi connectivity index (χ1) is 13.0. The highest BCUT2D eigenvalue weighted by atomic mass is 16.5. The van der Waals surface area contributed by atoms with E-state index in [-0.39, 0.29) is 24.3 Å². The van der Waals surface area contributed by atoms with Crippen LogP contribution in [0.2, 0.25) is 0 Å². The molecule has 5 heteroatoms. The van der Waals surface area contributed by atoms with Crippen LogP contribution in [0.4, 0.5) is 5.69 Å². The first-order valence-corrected chi connectivity index (χ1v) is 9.37. The van der Waals surface area contributed by atoms with Crippen LogP contribution in [0, 0.1) is 19.8 Å².